The maximum Gasteiger partial charge on any atom is 0.309 e. The van der Waals surface area contributed by atoms with Crippen molar-refractivity contribution in [2.75, 3.05) is 6.54 Å². The Bertz CT molecular complexity index is 294. The van der Waals surface area contributed by atoms with Crippen LogP contribution in [0.4, 0.5) is 0 Å². The molecule has 1 heterocycles. The van der Waals surface area contributed by atoms with Gasteiger partial charge in [0.15, 0.2) is 0 Å². The standard InChI is InChI=1S/C10H13NO3/c1-3-5-10(14-8(2)12)11-7-4-6-9(11)13/h3,5H,1,4,6-7H2,2H3. The number of rotatable bonds is 3. The van der Waals surface area contributed by atoms with Gasteiger partial charge in [-0.25, -0.2) is 0 Å². The third-order valence-electron chi connectivity index (χ3n) is 1.85. The summed E-state index contributed by atoms with van der Waals surface area (Å²) in [4.78, 5) is 23.5. The minimum atomic E-state index is -0.433. The van der Waals surface area contributed by atoms with Gasteiger partial charge in [-0.15, -0.1) is 0 Å². The Hall–Kier alpha value is -1.58. The van der Waals surface area contributed by atoms with Gasteiger partial charge < -0.3 is 4.74 Å². The molecular weight excluding hydrogens is 182 g/mol. The summed E-state index contributed by atoms with van der Waals surface area (Å²) < 4.78 is 4.90. The Morgan fingerprint density at radius 3 is 2.79 bits per heavy atom. The number of carbonyl (C=O) groups excluding carboxylic acids is 2. The zero-order valence-corrected chi connectivity index (χ0v) is 8.16. The van der Waals surface area contributed by atoms with Crippen molar-refractivity contribution < 1.29 is 14.3 Å². The van der Waals surface area contributed by atoms with E-state index in [-0.39, 0.29) is 11.8 Å². The summed E-state index contributed by atoms with van der Waals surface area (Å²) in [5.74, 6) is -0.174. The SMILES string of the molecule is C=CC=C(OC(C)=O)N1CCCC1=O. The topological polar surface area (TPSA) is 46.6 Å². The molecule has 76 valence electrons. The molecule has 0 aromatic rings. The second-order valence-electron chi connectivity index (χ2n) is 2.98. The summed E-state index contributed by atoms with van der Waals surface area (Å²) in [6, 6.07) is 0. The monoisotopic (exact) mass is 195 g/mol. The van der Waals surface area contributed by atoms with Crippen LogP contribution in [0.2, 0.25) is 0 Å². The smallest absolute Gasteiger partial charge is 0.309 e. The maximum atomic E-state index is 11.3. The Morgan fingerprint density at radius 1 is 1.64 bits per heavy atom. The Kier molecular flexibility index (Phi) is 3.45. The van der Waals surface area contributed by atoms with Crippen LogP contribution in [0.3, 0.4) is 0 Å². The molecule has 0 aromatic heterocycles. The fourth-order valence-corrected chi connectivity index (χ4v) is 1.31. The van der Waals surface area contributed by atoms with E-state index >= 15 is 0 Å². The molecule has 0 unspecified atom stereocenters. The lowest BCUT2D eigenvalue weighted by Gasteiger charge is -2.17. The summed E-state index contributed by atoms with van der Waals surface area (Å²) in [7, 11) is 0. The van der Waals surface area contributed by atoms with Gasteiger partial charge in [0, 0.05) is 19.9 Å². The molecule has 1 amide bonds. The molecule has 4 nitrogen and oxygen atoms in total. The van der Waals surface area contributed by atoms with Gasteiger partial charge in [-0.1, -0.05) is 12.7 Å². The molecule has 0 saturated carbocycles. The second-order valence-corrected chi connectivity index (χ2v) is 2.98. The molecular formula is C10H13NO3. The van der Waals surface area contributed by atoms with E-state index in [0.717, 1.165) is 6.42 Å². The maximum absolute atomic E-state index is 11.3. The average Bonchev–Trinajstić information content (AvgIpc) is 2.50. The van der Waals surface area contributed by atoms with E-state index in [1.807, 2.05) is 0 Å². The van der Waals surface area contributed by atoms with Gasteiger partial charge in [-0.2, -0.15) is 0 Å². The number of esters is 1. The van der Waals surface area contributed by atoms with Crippen molar-refractivity contribution in [1.82, 2.24) is 4.90 Å². The average molecular weight is 195 g/mol. The molecule has 0 radical (unpaired) electrons. The van der Waals surface area contributed by atoms with Crippen LogP contribution in [0.15, 0.2) is 24.6 Å². The van der Waals surface area contributed by atoms with Gasteiger partial charge in [-0.3, -0.25) is 14.5 Å². The number of ether oxygens (including phenoxy) is 1. The zero-order valence-electron chi connectivity index (χ0n) is 8.16. The van der Waals surface area contributed by atoms with E-state index in [9.17, 15) is 9.59 Å². The first kappa shape index (κ1) is 10.5. The summed E-state index contributed by atoms with van der Waals surface area (Å²) in [5.41, 5.74) is 0. The molecule has 0 bridgehead atoms. The zero-order chi connectivity index (χ0) is 10.6. The minimum absolute atomic E-state index is 0.0145. The van der Waals surface area contributed by atoms with Crippen LogP contribution >= 0.6 is 0 Å². The summed E-state index contributed by atoms with van der Waals surface area (Å²) in [6.45, 7) is 5.40. The fourth-order valence-electron chi connectivity index (χ4n) is 1.31. The van der Waals surface area contributed by atoms with Crippen molar-refractivity contribution in [3.63, 3.8) is 0 Å². The second kappa shape index (κ2) is 4.60. The highest BCUT2D eigenvalue weighted by molar-refractivity contribution is 5.80. The lowest BCUT2D eigenvalue weighted by atomic mass is 10.4. The molecule has 0 aromatic carbocycles. The van der Waals surface area contributed by atoms with Crippen molar-refractivity contribution in [2.45, 2.75) is 19.8 Å². The van der Waals surface area contributed by atoms with Crippen LogP contribution in [-0.4, -0.2) is 23.3 Å². The van der Waals surface area contributed by atoms with Crippen LogP contribution in [0.5, 0.6) is 0 Å². The van der Waals surface area contributed by atoms with Crippen molar-refractivity contribution in [3.8, 4) is 0 Å². The summed E-state index contributed by atoms with van der Waals surface area (Å²) in [5, 5.41) is 0. The van der Waals surface area contributed by atoms with Crippen molar-refractivity contribution in [2.24, 2.45) is 0 Å². The van der Waals surface area contributed by atoms with E-state index in [1.165, 1.54) is 24.0 Å². The summed E-state index contributed by atoms with van der Waals surface area (Å²) >= 11 is 0. The van der Waals surface area contributed by atoms with E-state index in [4.69, 9.17) is 4.74 Å². The first-order valence-electron chi connectivity index (χ1n) is 4.46. The molecule has 0 N–H and O–H groups in total. The third kappa shape index (κ3) is 2.45. The van der Waals surface area contributed by atoms with Gasteiger partial charge in [0.1, 0.15) is 0 Å². The highest BCUT2D eigenvalue weighted by Gasteiger charge is 2.25. The molecule has 0 atom stereocenters. The number of allylic oxidation sites excluding steroid dienone is 2. The Labute approximate surface area is 82.8 Å². The first-order chi connectivity index (χ1) is 6.65. The molecule has 0 aliphatic carbocycles. The van der Waals surface area contributed by atoms with E-state index in [1.54, 1.807) is 0 Å². The van der Waals surface area contributed by atoms with Crippen molar-refractivity contribution in [1.29, 1.82) is 0 Å². The molecule has 1 aliphatic rings. The Morgan fingerprint density at radius 2 is 2.36 bits per heavy atom. The largest absolute Gasteiger partial charge is 0.409 e. The highest BCUT2D eigenvalue weighted by atomic mass is 16.5. The molecule has 1 rings (SSSR count). The van der Waals surface area contributed by atoms with Gasteiger partial charge in [-0.05, 0) is 12.5 Å². The predicted octanol–water partition coefficient (Wildman–Crippen LogP) is 1.20. The number of hydrogen-bond donors (Lipinski definition) is 0. The Balaban J connectivity index is 2.76. The van der Waals surface area contributed by atoms with Crippen LogP contribution < -0.4 is 0 Å². The number of carbonyl (C=O) groups is 2. The molecule has 1 saturated heterocycles. The first-order valence-corrected chi connectivity index (χ1v) is 4.46. The fraction of sp³-hybridized carbons (Fsp3) is 0.400. The number of hydrogen-bond acceptors (Lipinski definition) is 3. The molecule has 0 spiro atoms. The van der Waals surface area contributed by atoms with E-state index in [0.29, 0.717) is 13.0 Å². The third-order valence-corrected chi connectivity index (χ3v) is 1.85. The quantitative estimate of drug-likeness (QED) is 0.386. The van der Waals surface area contributed by atoms with Crippen molar-refractivity contribution in [3.05, 3.63) is 24.6 Å². The lowest BCUT2D eigenvalue weighted by molar-refractivity contribution is -0.141. The molecule has 1 aliphatic heterocycles. The van der Waals surface area contributed by atoms with Gasteiger partial charge >= 0.3 is 5.97 Å². The molecule has 1 fully saturated rings. The van der Waals surface area contributed by atoms with Gasteiger partial charge in [0.25, 0.3) is 0 Å². The molecule has 14 heavy (non-hydrogen) atoms. The van der Waals surface area contributed by atoms with E-state index < -0.39 is 5.97 Å². The number of amides is 1. The number of likely N-dealkylation sites (tertiary alicyclic amines) is 1. The van der Waals surface area contributed by atoms with Crippen LogP contribution in [0, 0.1) is 0 Å². The van der Waals surface area contributed by atoms with Gasteiger partial charge in [0.05, 0.1) is 0 Å². The minimum Gasteiger partial charge on any atom is -0.409 e. The lowest BCUT2D eigenvalue weighted by Crippen LogP contribution is -2.26. The van der Waals surface area contributed by atoms with Gasteiger partial charge in [0.2, 0.25) is 11.8 Å². The van der Waals surface area contributed by atoms with Crippen LogP contribution in [0.1, 0.15) is 19.8 Å². The molecule has 4 heteroatoms. The van der Waals surface area contributed by atoms with Crippen LogP contribution in [0.25, 0.3) is 0 Å². The summed E-state index contributed by atoms with van der Waals surface area (Å²) in [6.07, 6.45) is 4.32. The van der Waals surface area contributed by atoms with Crippen LogP contribution in [-0.2, 0) is 14.3 Å². The highest BCUT2D eigenvalue weighted by Crippen LogP contribution is 2.17. The van der Waals surface area contributed by atoms with E-state index in [2.05, 4.69) is 6.58 Å². The number of nitrogens with zero attached hydrogens (tertiary/aromatic N) is 1. The predicted molar refractivity (Wildman–Crippen MR) is 51.0 cm³/mol. The normalized spacial score (nSPS) is 17.1. The van der Waals surface area contributed by atoms with Crippen molar-refractivity contribution >= 4 is 11.9 Å².